The summed E-state index contributed by atoms with van der Waals surface area (Å²) in [5, 5.41) is 8.98. The van der Waals surface area contributed by atoms with E-state index >= 15 is 0 Å². The Balaban J connectivity index is 1.72. The zero-order valence-corrected chi connectivity index (χ0v) is 16.0. The second-order valence-electron chi connectivity index (χ2n) is 7.13. The van der Waals surface area contributed by atoms with Gasteiger partial charge in [-0.05, 0) is 47.7 Å². The van der Waals surface area contributed by atoms with Crippen LogP contribution in [0.3, 0.4) is 0 Å². The van der Waals surface area contributed by atoms with Gasteiger partial charge in [0, 0.05) is 36.8 Å². The Hall–Kier alpha value is -2.02. The van der Waals surface area contributed by atoms with Gasteiger partial charge in [0.2, 0.25) is 0 Å². The van der Waals surface area contributed by atoms with Gasteiger partial charge in [-0.1, -0.05) is 0 Å². The first-order valence-electron chi connectivity index (χ1n) is 9.11. The minimum atomic E-state index is 0.475. The fraction of sp³-hybridized carbons (Fsp3) is 0.667. The van der Waals surface area contributed by atoms with Crippen LogP contribution in [0.4, 0.5) is 5.82 Å². The topological polar surface area (TPSA) is 63.0 Å². The second-order valence-corrected chi connectivity index (χ2v) is 7.13. The maximum absolute atomic E-state index is 4.54. The highest BCUT2D eigenvalue weighted by Gasteiger charge is 2.27. The lowest BCUT2D eigenvalue weighted by atomic mass is 9.95. The molecule has 1 aliphatic rings. The average molecular weight is 343 g/mol. The molecule has 2 aromatic heterocycles. The minimum Gasteiger partial charge on any atom is -0.356 e. The third-order valence-electron chi connectivity index (χ3n) is 5.10. The van der Waals surface area contributed by atoms with Crippen molar-refractivity contribution in [2.24, 2.45) is 0 Å². The summed E-state index contributed by atoms with van der Waals surface area (Å²) in [5.74, 6) is 3.76. The van der Waals surface area contributed by atoms with E-state index < -0.39 is 0 Å². The molecule has 0 unspecified atom stereocenters. The molecule has 25 heavy (non-hydrogen) atoms. The van der Waals surface area contributed by atoms with Crippen molar-refractivity contribution in [3.8, 4) is 0 Å². The largest absolute Gasteiger partial charge is 0.356 e. The van der Waals surface area contributed by atoms with Gasteiger partial charge in [-0.2, -0.15) is 0 Å². The van der Waals surface area contributed by atoms with Crippen LogP contribution in [-0.4, -0.2) is 56.8 Å². The van der Waals surface area contributed by atoms with Gasteiger partial charge in [-0.25, -0.2) is 9.97 Å². The van der Waals surface area contributed by atoms with Crippen LogP contribution in [0.1, 0.15) is 48.6 Å². The first-order chi connectivity index (χ1) is 12.0. The van der Waals surface area contributed by atoms with Crippen molar-refractivity contribution in [2.45, 2.75) is 52.6 Å². The summed E-state index contributed by atoms with van der Waals surface area (Å²) < 4.78 is 2.29. The van der Waals surface area contributed by atoms with Gasteiger partial charge in [0.1, 0.15) is 23.8 Å². The van der Waals surface area contributed by atoms with E-state index in [0.717, 1.165) is 62.2 Å². The molecule has 7 nitrogen and oxygen atoms in total. The van der Waals surface area contributed by atoms with Crippen LogP contribution in [0.5, 0.6) is 0 Å². The van der Waals surface area contributed by atoms with Crippen molar-refractivity contribution in [1.29, 1.82) is 0 Å². The van der Waals surface area contributed by atoms with Crippen LogP contribution in [0.25, 0.3) is 0 Å². The smallest absolute Gasteiger partial charge is 0.147 e. The van der Waals surface area contributed by atoms with Crippen molar-refractivity contribution in [1.82, 2.24) is 29.6 Å². The first kappa shape index (κ1) is 17.8. The highest BCUT2D eigenvalue weighted by atomic mass is 15.3. The SMILES string of the molecule is CCn1c(CN(C)C)nnc1C1CCN(c2ncnc(C)c2C)CC1. The van der Waals surface area contributed by atoms with Crippen LogP contribution in [0, 0.1) is 13.8 Å². The molecule has 1 fully saturated rings. The summed E-state index contributed by atoms with van der Waals surface area (Å²) in [6, 6.07) is 0. The normalized spacial score (nSPS) is 16.0. The van der Waals surface area contributed by atoms with E-state index in [4.69, 9.17) is 0 Å². The summed E-state index contributed by atoms with van der Waals surface area (Å²) in [7, 11) is 4.14. The van der Waals surface area contributed by atoms with Crippen LogP contribution in [0.15, 0.2) is 6.33 Å². The number of piperidine rings is 1. The maximum Gasteiger partial charge on any atom is 0.147 e. The third kappa shape index (κ3) is 3.66. The highest BCUT2D eigenvalue weighted by Crippen LogP contribution is 2.30. The molecule has 7 heteroatoms. The summed E-state index contributed by atoms with van der Waals surface area (Å²) in [6.07, 6.45) is 3.84. The summed E-state index contributed by atoms with van der Waals surface area (Å²) in [6.45, 7) is 10.1. The van der Waals surface area contributed by atoms with E-state index in [1.165, 1.54) is 5.56 Å². The molecule has 0 amide bonds. The lowest BCUT2D eigenvalue weighted by molar-refractivity contribution is 0.377. The summed E-state index contributed by atoms with van der Waals surface area (Å²) in [4.78, 5) is 13.3. The van der Waals surface area contributed by atoms with Crippen LogP contribution in [-0.2, 0) is 13.1 Å². The Labute approximate surface area is 150 Å². The molecule has 0 saturated carbocycles. The van der Waals surface area contributed by atoms with Crippen LogP contribution >= 0.6 is 0 Å². The Bertz CT molecular complexity index is 714. The average Bonchev–Trinajstić information content (AvgIpc) is 2.99. The molecular formula is C18H29N7. The molecule has 0 spiro atoms. The number of rotatable bonds is 5. The Kier molecular flexibility index (Phi) is 5.32. The predicted molar refractivity (Wildman–Crippen MR) is 98.8 cm³/mol. The molecule has 3 rings (SSSR count). The zero-order valence-electron chi connectivity index (χ0n) is 16.0. The first-order valence-corrected chi connectivity index (χ1v) is 9.11. The van der Waals surface area contributed by atoms with E-state index in [9.17, 15) is 0 Å². The molecule has 136 valence electrons. The molecule has 0 bridgehead atoms. The number of aromatic nitrogens is 5. The van der Waals surface area contributed by atoms with Crippen molar-refractivity contribution in [3.63, 3.8) is 0 Å². The molecular weight excluding hydrogens is 314 g/mol. The highest BCUT2D eigenvalue weighted by molar-refractivity contribution is 5.47. The van der Waals surface area contributed by atoms with Gasteiger partial charge in [0.05, 0.1) is 6.54 Å². The number of hydrogen-bond donors (Lipinski definition) is 0. The monoisotopic (exact) mass is 343 g/mol. The lowest BCUT2D eigenvalue weighted by Gasteiger charge is -2.33. The van der Waals surface area contributed by atoms with Crippen molar-refractivity contribution in [3.05, 3.63) is 29.2 Å². The predicted octanol–water partition coefficient (Wildman–Crippen LogP) is 2.15. The Morgan fingerprint density at radius 2 is 1.84 bits per heavy atom. The molecule has 1 saturated heterocycles. The zero-order chi connectivity index (χ0) is 18.0. The fourth-order valence-corrected chi connectivity index (χ4v) is 3.59. The Morgan fingerprint density at radius 3 is 2.48 bits per heavy atom. The Morgan fingerprint density at radius 1 is 1.12 bits per heavy atom. The number of nitrogens with zero attached hydrogens (tertiary/aromatic N) is 7. The number of anilines is 1. The number of hydrogen-bond acceptors (Lipinski definition) is 6. The van der Waals surface area contributed by atoms with Gasteiger partial charge in [0.15, 0.2) is 0 Å². The summed E-state index contributed by atoms with van der Waals surface area (Å²) in [5.41, 5.74) is 2.25. The van der Waals surface area contributed by atoms with Crippen LogP contribution < -0.4 is 4.90 Å². The van der Waals surface area contributed by atoms with Gasteiger partial charge in [-0.3, -0.25) is 0 Å². The third-order valence-corrected chi connectivity index (χ3v) is 5.10. The van der Waals surface area contributed by atoms with Gasteiger partial charge in [0.25, 0.3) is 0 Å². The van der Waals surface area contributed by atoms with E-state index in [-0.39, 0.29) is 0 Å². The van der Waals surface area contributed by atoms with E-state index in [2.05, 4.69) is 62.5 Å². The van der Waals surface area contributed by atoms with Crippen molar-refractivity contribution >= 4 is 5.82 Å². The van der Waals surface area contributed by atoms with E-state index in [1.807, 2.05) is 6.92 Å². The molecule has 0 aromatic carbocycles. The molecule has 0 N–H and O–H groups in total. The second kappa shape index (κ2) is 7.47. The van der Waals surface area contributed by atoms with Gasteiger partial charge in [-0.15, -0.1) is 10.2 Å². The molecule has 0 atom stereocenters. The van der Waals surface area contributed by atoms with Crippen molar-refractivity contribution in [2.75, 3.05) is 32.1 Å². The lowest BCUT2D eigenvalue weighted by Crippen LogP contribution is -2.35. The maximum atomic E-state index is 4.54. The summed E-state index contributed by atoms with van der Waals surface area (Å²) >= 11 is 0. The quantitative estimate of drug-likeness (QED) is 0.829. The molecule has 1 aliphatic heterocycles. The number of aryl methyl sites for hydroxylation is 1. The molecule has 0 aliphatic carbocycles. The minimum absolute atomic E-state index is 0.475. The molecule has 0 radical (unpaired) electrons. The van der Waals surface area contributed by atoms with Gasteiger partial charge >= 0.3 is 0 Å². The van der Waals surface area contributed by atoms with Gasteiger partial charge < -0.3 is 14.4 Å². The fourth-order valence-electron chi connectivity index (χ4n) is 3.59. The molecule has 3 heterocycles. The van der Waals surface area contributed by atoms with E-state index in [0.29, 0.717) is 5.92 Å². The standard InChI is InChI=1S/C18H29N7/c1-6-25-16(11-23(4)5)21-22-18(25)15-7-9-24(10-8-15)17-13(2)14(3)19-12-20-17/h12,15H,6-11H2,1-5H3. The molecule has 2 aromatic rings. The van der Waals surface area contributed by atoms with E-state index in [1.54, 1.807) is 6.33 Å². The van der Waals surface area contributed by atoms with Crippen molar-refractivity contribution < 1.29 is 0 Å². The van der Waals surface area contributed by atoms with Crippen LogP contribution in [0.2, 0.25) is 0 Å².